The van der Waals surface area contributed by atoms with E-state index in [0.717, 1.165) is 18.4 Å². The Kier molecular flexibility index (Phi) is 21.4. The Hall–Kier alpha value is -2.88. The third kappa shape index (κ3) is 14.6. The minimum atomic E-state index is -2.32. The van der Waals surface area contributed by atoms with Gasteiger partial charge in [-0.1, -0.05) is 71.1 Å². The molecular weight excluding hydrogens is 831 g/mol. The summed E-state index contributed by atoms with van der Waals surface area (Å²) in [7, 11) is 4.63. The normalized spacial score (nSPS) is 40.4. The second-order valence-electron chi connectivity index (χ2n) is 20.0. The zero-order chi connectivity index (χ0) is 48.2. The fraction of sp³-hybridized carbons (Fsp3) is 0.769. The molecule has 4 aliphatic rings. The van der Waals surface area contributed by atoms with Crippen molar-refractivity contribution in [3.05, 3.63) is 47.6 Å². The minimum Gasteiger partial charge on any atom is -0.390 e. The second kappa shape index (κ2) is 25.5. The zero-order valence-electron chi connectivity index (χ0n) is 41.3. The number of ketones is 3. The zero-order valence-corrected chi connectivity index (χ0v) is 41.3. The number of aliphatic hydroxyl groups is 3. The number of piperidine rings is 1. The number of carbonyl (C=O) groups is 4. The molecule has 0 radical (unpaired) electrons. The number of Topliss-reactive ketones (excluding diaryl/α,β-unsaturated/α-hetero) is 3. The maximum Gasteiger partial charge on any atom is 0.296 e. The van der Waals surface area contributed by atoms with E-state index in [1.54, 1.807) is 41.1 Å². The van der Waals surface area contributed by atoms with E-state index in [2.05, 4.69) is 6.92 Å². The van der Waals surface area contributed by atoms with Crippen LogP contribution in [-0.4, -0.2) is 132 Å². The summed E-state index contributed by atoms with van der Waals surface area (Å²) in [6.07, 6.45) is 13.0. The molecule has 2 bridgehead atoms. The first-order valence-electron chi connectivity index (χ1n) is 24.4. The number of hydrogen-bond acceptors (Lipinski definition) is 12. The van der Waals surface area contributed by atoms with Crippen molar-refractivity contribution >= 4 is 23.3 Å². The molecule has 4 rings (SSSR count). The highest BCUT2D eigenvalue weighted by Gasteiger charge is 2.53. The summed E-state index contributed by atoms with van der Waals surface area (Å²) < 4.78 is 30.2. The van der Waals surface area contributed by atoms with Gasteiger partial charge in [0.2, 0.25) is 5.79 Å². The van der Waals surface area contributed by atoms with E-state index in [-0.39, 0.29) is 47.9 Å². The molecule has 3 fully saturated rings. The van der Waals surface area contributed by atoms with Gasteiger partial charge < -0.3 is 43.9 Å². The third-order valence-electron chi connectivity index (χ3n) is 14.9. The second-order valence-corrected chi connectivity index (χ2v) is 20.0. The van der Waals surface area contributed by atoms with Gasteiger partial charge in [0, 0.05) is 58.5 Å². The van der Waals surface area contributed by atoms with E-state index < -0.39 is 77.9 Å². The highest BCUT2D eigenvalue weighted by atomic mass is 16.6. The average molecular weight is 914 g/mol. The van der Waals surface area contributed by atoms with Crippen molar-refractivity contribution in [2.45, 2.75) is 193 Å². The van der Waals surface area contributed by atoms with Crippen LogP contribution in [0.3, 0.4) is 0 Å². The highest BCUT2D eigenvalue weighted by molar-refractivity contribution is 6.38. The van der Waals surface area contributed by atoms with Crippen LogP contribution >= 0.6 is 0 Å². The van der Waals surface area contributed by atoms with Crippen LogP contribution in [0.5, 0.6) is 0 Å². The third-order valence-corrected chi connectivity index (χ3v) is 14.9. The molecule has 3 aliphatic heterocycles. The summed E-state index contributed by atoms with van der Waals surface area (Å²) >= 11 is 0. The van der Waals surface area contributed by atoms with Gasteiger partial charge in [-0.25, -0.2) is 0 Å². The molecule has 3 N–H and O–H groups in total. The summed E-state index contributed by atoms with van der Waals surface area (Å²) in [6, 6.07) is -0.501. The molecule has 16 atom stereocenters. The lowest BCUT2D eigenvalue weighted by molar-refractivity contribution is -0.265. The molecule has 1 saturated carbocycles. The SMILES string of the molecule is CO[C@H]1C[C@@H]2CC[C@@H](C)[C@@](O)(O2)C(=O)C(=O)N2CCCC[C@H]2C(C)OC([C@H](C)C[C@@H]2CC[C@@H](O)[C@H](OC)C2)CC(=O)[C@H](C)/C=C(\C)[C@@H](O)[C@@H](OC)C(=O)[C@H](C)C[C@H](C)/C=C/C=CC=C1C. The smallest absolute Gasteiger partial charge is 0.296 e. The number of aliphatic hydroxyl groups excluding tert-OH is 2. The van der Waals surface area contributed by atoms with E-state index in [1.807, 2.05) is 58.1 Å². The number of amides is 1. The lowest BCUT2D eigenvalue weighted by Gasteiger charge is -2.44. The molecule has 0 aromatic carbocycles. The molecule has 0 aromatic heterocycles. The summed E-state index contributed by atoms with van der Waals surface area (Å²) in [6.45, 7) is 15.3. The lowest BCUT2D eigenvalue weighted by atomic mass is 9.78. The Balaban J connectivity index is 1.70. The number of allylic oxidation sites excluding steroid dienone is 6. The number of carbonyl (C=O) groups excluding carboxylic acids is 4. The number of hydrogen-bond donors (Lipinski definition) is 3. The molecule has 3 heterocycles. The molecule has 2 unspecified atom stereocenters. The Morgan fingerprint density at radius 2 is 1.57 bits per heavy atom. The average Bonchev–Trinajstić information content (AvgIpc) is 3.28. The van der Waals surface area contributed by atoms with Crippen LogP contribution < -0.4 is 0 Å². The van der Waals surface area contributed by atoms with Crippen LogP contribution in [0.15, 0.2) is 47.6 Å². The van der Waals surface area contributed by atoms with Gasteiger partial charge in [-0.3, -0.25) is 19.2 Å². The van der Waals surface area contributed by atoms with Crippen LogP contribution in [0.4, 0.5) is 0 Å². The molecule has 368 valence electrons. The van der Waals surface area contributed by atoms with Crippen molar-refractivity contribution in [2.75, 3.05) is 27.9 Å². The van der Waals surface area contributed by atoms with Crippen molar-refractivity contribution in [1.82, 2.24) is 4.90 Å². The summed E-state index contributed by atoms with van der Waals surface area (Å²) in [5.41, 5.74) is 1.37. The highest BCUT2D eigenvalue weighted by Crippen LogP contribution is 2.38. The van der Waals surface area contributed by atoms with Crippen molar-refractivity contribution in [1.29, 1.82) is 0 Å². The van der Waals surface area contributed by atoms with Crippen LogP contribution in [0.1, 0.15) is 132 Å². The minimum absolute atomic E-state index is 0.0432. The first-order chi connectivity index (χ1) is 30.7. The van der Waals surface area contributed by atoms with Crippen molar-refractivity contribution in [2.24, 2.45) is 35.5 Å². The van der Waals surface area contributed by atoms with E-state index in [4.69, 9.17) is 23.7 Å². The van der Waals surface area contributed by atoms with Gasteiger partial charge >= 0.3 is 0 Å². The quantitative estimate of drug-likeness (QED) is 0.183. The molecule has 1 amide bonds. The maximum atomic E-state index is 14.4. The van der Waals surface area contributed by atoms with Crippen LogP contribution in [-0.2, 0) is 42.9 Å². The van der Waals surface area contributed by atoms with Gasteiger partial charge in [0.25, 0.3) is 11.7 Å². The fourth-order valence-electron chi connectivity index (χ4n) is 10.6. The topological polar surface area (TPSA) is 178 Å². The Bertz CT molecular complexity index is 1710. The number of rotatable bonds is 6. The van der Waals surface area contributed by atoms with Crippen molar-refractivity contribution < 1.29 is 58.2 Å². The molecule has 1 aliphatic carbocycles. The Morgan fingerprint density at radius 1 is 0.846 bits per heavy atom. The van der Waals surface area contributed by atoms with E-state index in [1.165, 1.54) is 12.0 Å². The van der Waals surface area contributed by atoms with Crippen LogP contribution in [0.25, 0.3) is 0 Å². The maximum absolute atomic E-state index is 14.4. The molecule has 0 spiro atoms. The largest absolute Gasteiger partial charge is 0.390 e. The monoisotopic (exact) mass is 914 g/mol. The van der Waals surface area contributed by atoms with E-state index in [0.29, 0.717) is 69.9 Å². The standard InChI is InChI=1S/C52H83NO12/c1-31-17-13-12-14-18-32(2)44(61-9)29-40-22-20-37(7)52(60,65-40)50(58)51(59)53-24-16-15-19-41(53)38(8)64-45(34(4)27-39-21-23-42(54)46(28-39)62-10)30-43(55)33(3)26-36(6)48(57)49(63-11)47(56)35(5)25-31/h12-14,17-18,26,31,33-35,37-42,44-46,48-49,54,57,60H,15-16,19-25,27-30H2,1-11H3/b14-12?,17-13+,32-18?,36-26+/t31-,33-,34-,35-,37-,38?,39+,40+,41+,42-,44+,45?,46-,48-,49+,52-/m1/s1. The van der Waals surface area contributed by atoms with Gasteiger partial charge in [0.15, 0.2) is 5.78 Å². The molecule has 13 nitrogen and oxygen atoms in total. The predicted molar refractivity (Wildman–Crippen MR) is 250 cm³/mol. The van der Waals surface area contributed by atoms with Gasteiger partial charge in [-0.15, -0.1) is 0 Å². The van der Waals surface area contributed by atoms with Crippen LogP contribution in [0, 0.1) is 35.5 Å². The van der Waals surface area contributed by atoms with E-state index in [9.17, 15) is 34.5 Å². The molecule has 13 heteroatoms. The molecule has 0 aromatic rings. The summed E-state index contributed by atoms with van der Waals surface area (Å²) in [4.78, 5) is 58.2. The first kappa shape index (κ1) is 54.7. The lowest BCUT2D eigenvalue weighted by Crippen LogP contribution is -2.61. The number of methoxy groups -OCH3 is 3. The molecule has 2 saturated heterocycles. The van der Waals surface area contributed by atoms with Crippen molar-refractivity contribution in [3.8, 4) is 0 Å². The van der Waals surface area contributed by atoms with E-state index >= 15 is 0 Å². The number of nitrogens with zero attached hydrogens (tertiary/aromatic N) is 1. The molecule has 65 heavy (non-hydrogen) atoms. The number of ether oxygens (including phenoxy) is 5. The van der Waals surface area contributed by atoms with Gasteiger partial charge in [0.05, 0.1) is 42.7 Å². The van der Waals surface area contributed by atoms with Gasteiger partial charge in [0.1, 0.15) is 18.0 Å². The first-order valence-corrected chi connectivity index (χ1v) is 24.4. The number of fused-ring (bicyclic) bond motifs is 3. The Labute approximate surface area is 389 Å². The van der Waals surface area contributed by atoms with Gasteiger partial charge in [-0.2, -0.15) is 0 Å². The van der Waals surface area contributed by atoms with Crippen molar-refractivity contribution in [3.63, 3.8) is 0 Å². The summed E-state index contributed by atoms with van der Waals surface area (Å²) in [5, 5.41) is 34.0. The van der Waals surface area contributed by atoms with Crippen LogP contribution in [0.2, 0.25) is 0 Å². The Morgan fingerprint density at radius 3 is 2.25 bits per heavy atom. The predicted octanol–water partition coefficient (Wildman–Crippen LogP) is 7.04. The summed E-state index contributed by atoms with van der Waals surface area (Å²) in [5.74, 6) is -5.96. The van der Waals surface area contributed by atoms with Gasteiger partial charge in [-0.05, 0) is 114 Å². The fourth-order valence-corrected chi connectivity index (χ4v) is 10.6. The molecular formula is C52H83NO12.